The predicted molar refractivity (Wildman–Crippen MR) is 99.9 cm³/mol. The number of nitrogens with zero attached hydrogens (tertiary/aromatic N) is 1. The summed E-state index contributed by atoms with van der Waals surface area (Å²) in [6.07, 6.45) is 1.36. The fraction of sp³-hybridized carbons (Fsp3) is 0.600. The van der Waals surface area contributed by atoms with E-state index in [-0.39, 0.29) is 24.7 Å². The molecule has 0 saturated carbocycles. The van der Waals surface area contributed by atoms with E-state index < -0.39 is 43.9 Å². The molecular weight excluding hydrogens is 414 g/mol. The van der Waals surface area contributed by atoms with Gasteiger partial charge in [0.2, 0.25) is 0 Å². The van der Waals surface area contributed by atoms with Gasteiger partial charge in [0.25, 0.3) is 0 Å². The third-order valence-corrected chi connectivity index (χ3v) is 6.67. The van der Waals surface area contributed by atoms with Crippen molar-refractivity contribution >= 4 is 31.9 Å². The summed E-state index contributed by atoms with van der Waals surface area (Å²) < 4.78 is 54.9. The second kappa shape index (κ2) is 9.39. The molecule has 2 amide bonds. The lowest BCUT2D eigenvalue weighted by molar-refractivity contribution is 0.114. The van der Waals surface area contributed by atoms with E-state index in [1.165, 1.54) is 12.2 Å². The molecule has 0 fully saturated rings. The number of carbonyl (C=O) groups is 2. The topological polar surface area (TPSA) is 148 Å². The molecule has 0 aromatic heterocycles. The Morgan fingerprint density at radius 3 is 1.61 bits per heavy atom. The third kappa shape index (κ3) is 7.86. The zero-order valence-electron chi connectivity index (χ0n) is 15.2. The van der Waals surface area contributed by atoms with Gasteiger partial charge in [-0.05, 0) is 19.2 Å². The molecule has 28 heavy (non-hydrogen) atoms. The molecule has 2 unspecified atom stereocenters. The molecule has 13 heteroatoms. The highest BCUT2D eigenvalue weighted by Gasteiger charge is 2.24. The van der Waals surface area contributed by atoms with Gasteiger partial charge in [-0.2, -0.15) is 0 Å². The Labute approximate surface area is 163 Å². The molecule has 2 N–H and O–H groups in total. The molecule has 2 rings (SSSR count). The van der Waals surface area contributed by atoms with Gasteiger partial charge >= 0.3 is 12.2 Å². The normalized spacial score (nSPS) is 24.2. The van der Waals surface area contributed by atoms with Gasteiger partial charge in [0, 0.05) is 23.9 Å². The minimum absolute atomic E-state index is 0.0719. The average Bonchev–Trinajstić information content (AvgIpc) is 3.08. The number of hydrogen-bond donors (Lipinski definition) is 2. The number of rotatable bonds is 8. The molecule has 0 bridgehead atoms. The molecule has 2 aliphatic rings. The number of nitrogens with one attached hydrogen (secondary N) is 2. The van der Waals surface area contributed by atoms with Crippen LogP contribution in [0.2, 0.25) is 0 Å². The quantitative estimate of drug-likeness (QED) is 0.487. The van der Waals surface area contributed by atoms with Crippen molar-refractivity contribution in [1.29, 1.82) is 0 Å². The summed E-state index contributed by atoms with van der Waals surface area (Å²) >= 11 is 0. The van der Waals surface area contributed by atoms with E-state index in [0.717, 1.165) is 10.8 Å². The van der Waals surface area contributed by atoms with E-state index in [1.54, 1.807) is 11.9 Å². The molecule has 0 saturated heterocycles. The standard InChI is InChI=1S/C15H23N3O8S2/c1-18(4-6-25-14(19)16-12-2-8-27(21,22)10-12)5-7-26-15(20)17-13-3-9-28(23,24)11-13/h2-3,8-9,12-13H,4-7,10-11H2,1H3,(H,16,19)(H,17,20). The Kier molecular flexibility index (Phi) is 7.43. The highest BCUT2D eigenvalue weighted by Crippen LogP contribution is 2.08. The second-order valence-electron chi connectivity index (χ2n) is 6.39. The van der Waals surface area contributed by atoms with Crippen LogP contribution in [0.3, 0.4) is 0 Å². The second-order valence-corrected chi connectivity index (χ2v) is 10.3. The van der Waals surface area contributed by atoms with Crippen LogP contribution in [0.1, 0.15) is 0 Å². The van der Waals surface area contributed by atoms with Crippen LogP contribution in [-0.2, 0) is 29.1 Å². The number of likely N-dealkylation sites (N-methyl/N-ethyl adjacent to an activating group) is 1. The molecule has 0 aliphatic carbocycles. The van der Waals surface area contributed by atoms with Crippen molar-refractivity contribution < 1.29 is 35.9 Å². The first-order chi connectivity index (χ1) is 13.0. The van der Waals surface area contributed by atoms with Crippen molar-refractivity contribution in [2.24, 2.45) is 0 Å². The molecule has 2 heterocycles. The molecule has 0 aromatic carbocycles. The van der Waals surface area contributed by atoms with Gasteiger partial charge in [-0.3, -0.25) is 4.90 Å². The predicted octanol–water partition coefficient (Wildman–Crippen LogP) is -1.01. The van der Waals surface area contributed by atoms with E-state index >= 15 is 0 Å². The number of carbonyl (C=O) groups excluding carboxylic acids is 2. The maximum atomic E-state index is 11.6. The molecule has 11 nitrogen and oxygen atoms in total. The zero-order chi connectivity index (χ0) is 20.8. The van der Waals surface area contributed by atoms with Crippen molar-refractivity contribution in [3.63, 3.8) is 0 Å². The molecular formula is C15H23N3O8S2. The monoisotopic (exact) mass is 437 g/mol. The molecule has 0 aromatic rings. The van der Waals surface area contributed by atoms with E-state index in [0.29, 0.717) is 13.1 Å². The average molecular weight is 437 g/mol. The van der Waals surface area contributed by atoms with Gasteiger partial charge in [0.05, 0.1) is 23.6 Å². The fourth-order valence-electron chi connectivity index (χ4n) is 2.42. The number of alkyl carbamates (subject to hydrolysis) is 2. The van der Waals surface area contributed by atoms with Crippen LogP contribution in [-0.4, -0.2) is 90.9 Å². The molecule has 0 spiro atoms. The summed E-state index contributed by atoms with van der Waals surface area (Å²) in [6, 6.07) is -1.18. The van der Waals surface area contributed by atoms with Crippen molar-refractivity contribution in [3.05, 3.63) is 23.0 Å². The molecule has 158 valence electrons. The Morgan fingerprint density at radius 2 is 1.29 bits per heavy atom. The summed E-state index contributed by atoms with van der Waals surface area (Å²) in [5.74, 6) is -0.353. The zero-order valence-corrected chi connectivity index (χ0v) is 16.9. The van der Waals surface area contributed by atoms with Crippen LogP contribution in [0.15, 0.2) is 23.0 Å². The largest absolute Gasteiger partial charge is 0.448 e. The van der Waals surface area contributed by atoms with Gasteiger partial charge in [0.1, 0.15) is 13.2 Å². The Hall–Kier alpha value is -2.12. The minimum atomic E-state index is -3.25. The van der Waals surface area contributed by atoms with Crippen molar-refractivity contribution in [3.8, 4) is 0 Å². The van der Waals surface area contributed by atoms with E-state index in [1.807, 2.05) is 0 Å². The Morgan fingerprint density at radius 1 is 0.893 bits per heavy atom. The van der Waals surface area contributed by atoms with Crippen LogP contribution in [0.5, 0.6) is 0 Å². The summed E-state index contributed by atoms with van der Waals surface area (Å²) in [7, 11) is -4.75. The molecule has 0 radical (unpaired) electrons. The first kappa shape index (κ1) is 22.2. The van der Waals surface area contributed by atoms with Gasteiger partial charge in [-0.15, -0.1) is 0 Å². The Bertz CT molecular complexity index is 781. The number of ether oxygens (including phenoxy) is 2. The molecule has 2 aliphatic heterocycles. The smallest absolute Gasteiger partial charge is 0.407 e. The van der Waals surface area contributed by atoms with Gasteiger partial charge < -0.3 is 20.1 Å². The lowest BCUT2D eigenvalue weighted by atomic mass is 10.3. The SMILES string of the molecule is CN(CCOC(=O)NC1C=CS(=O)(=O)C1)CCOC(=O)NC1C=CS(=O)(=O)C1. The minimum Gasteiger partial charge on any atom is -0.448 e. The number of hydrogen-bond acceptors (Lipinski definition) is 9. The van der Waals surface area contributed by atoms with Crippen LogP contribution in [0.4, 0.5) is 9.59 Å². The van der Waals surface area contributed by atoms with E-state index in [2.05, 4.69) is 10.6 Å². The first-order valence-electron chi connectivity index (χ1n) is 8.42. The first-order valence-corrected chi connectivity index (χ1v) is 11.8. The summed E-state index contributed by atoms with van der Waals surface area (Å²) in [4.78, 5) is 25.0. The van der Waals surface area contributed by atoms with Crippen molar-refractivity contribution in [1.82, 2.24) is 15.5 Å². The van der Waals surface area contributed by atoms with Gasteiger partial charge in [0.15, 0.2) is 19.7 Å². The highest BCUT2D eigenvalue weighted by molar-refractivity contribution is 7.94. The van der Waals surface area contributed by atoms with E-state index in [9.17, 15) is 26.4 Å². The molecule has 2 atom stereocenters. The highest BCUT2D eigenvalue weighted by atomic mass is 32.2. The fourth-order valence-corrected chi connectivity index (χ4v) is 4.89. The number of sulfone groups is 2. The van der Waals surface area contributed by atoms with Crippen LogP contribution < -0.4 is 10.6 Å². The van der Waals surface area contributed by atoms with Gasteiger partial charge in [-0.25, -0.2) is 26.4 Å². The maximum Gasteiger partial charge on any atom is 0.407 e. The van der Waals surface area contributed by atoms with E-state index in [4.69, 9.17) is 9.47 Å². The number of amides is 2. The van der Waals surface area contributed by atoms with Crippen molar-refractivity contribution in [2.45, 2.75) is 12.1 Å². The van der Waals surface area contributed by atoms with Crippen LogP contribution in [0.25, 0.3) is 0 Å². The summed E-state index contributed by atoms with van der Waals surface area (Å²) in [6.45, 7) is 0.895. The summed E-state index contributed by atoms with van der Waals surface area (Å²) in [5.41, 5.74) is 0. The van der Waals surface area contributed by atoms with Gasteiger partial charge in [-0.1, -0.05) is 0 Å². The van der Waals surface area contributed by atoms with Crippen LogP contribution in [0, 0.1) is 0 Å². The maximum absolute atomic E-state index is 11.6. The summed E-state index contributed by atoms with van der Waals surface area (Å²) in [5, 5.41) is 6.99. The third-order valence-electron chi connectivity index (χ3n) is 3.88. The lowest BCUT2D eigenvalue weighted by Crippen LogP contribution is -2.38. The Balaban J connectivity index is 1.52. The van der Waals surface area contributed by atoms with Crippen molar-refractivity contribution in [2.75, 3.05) is 44.9 Å². The van der Waals surface area contributed by atoms with Crippen LogP contribution >= 0.6 is 0 Å². The lowest BCUT2D eigenvalue weighted by Gasteiger charge is -2.17.